The lowest BCUT2D eigenvalue weighted by molar-refractivity contribution is 0.318. The van der Waals surface area contributed by atoms with Crippen molar-refractivity contribution in [1.29, 1.82) is 0 Å². The Bertz CT molecular complexity index is 458. The first-order valence-electron chi connectivity index (χ1n) is 6.10. The van der Waals surface area contributed by atoms with Crippen LogP contribution in [-0.2, 0) is 0 Å². The molecule has 0 saturated heterocycles. The maximum Gasteiger partial charge on any atom is 0.170 e. The van der Waals surface area contributed by atoms with Gasteiger partial charge in [-0.2, -0.15) is 0 Å². The van der Waals surface area contributed by atoms with Crippen LogP contribution in [0.25, 0.3) is 0 Å². The first-order valence-corrected chi connectivity index (χ1v) is 6.89. The van der Waals surface area contributed by atoms with Crippen LogP contribution in [0.3, 0.4) is 0 Å². The molecule has 0 bridgehead atoms. The predicted molar refractivity (Wildman–Crippen MR) is 77.3 cm³/mol. The summed E-state index contributed by atoms with van der Waals surface area (Å²) in [6.07, 6.45) is 4.04. The van der Waals surface area contributed by atoms with Gasteiger partial charge in [0, 0.05) is 23.6 Å². The van der Waals surface area contributed by atoms with Gasteiger partial charge < -0.3 is 15.8 Å². The van der Waals surface area contributed by atoms with Crippen LogP contribution in [0.1, 0.15) is 24.8 Å². The summed E-state index contributed by atoms with van der Waals surface area (Å²) in [5, 5.41) is 11.7. The van der Waals surface area contributed by atoms with Gasteiger partial charge in [0.25, 0.3) is 0 Å². The molecule has 5 heteroatoms. The minimum atomic E-state index is 0.129. The smallest absolute Gasteiger partial charge is 0.170 e. The predicted octanol–water partition coefficient (Wildman–Crippen LogP) is 2.78. The third-order valence-electron chi connectivity index (χ3n) is 3.52. The highest BCUT2D eigenvalue weighted by Gasteiger charge is 2.20. The molecular weight excluding hydrogens is 294 g/mol. The normalized spacial score (nSPS) is 16.4. The lowest BCUT2D eigenvalue weighted by atomic mass is 9.85. The maximum atomic E-state index is 8.65. The molecule has 0 aromatic heterocycles. The van der Waals surface area contributed by atoms with E-state index in [-0.39, 0.29) is 5.84 Å². The number of nitrogens with two attached hydrogens (primary N) is 1. The molecule has 3 N–H and O–H groups in total. The van der Waals surface area contributed by atoms with E-state index in [1.165, 1.54) is 19.3 Å². The molecule has 0 atom stereocenters. The van der Waals surface area contributed by atoms with E-state index in [9.17, 15) is 0 Å². The molecule has 4 nitrogen and oxygen atoms in total. The molecule has 2 rings (SSSR count). The molecule has 0 amide bonds. The number of oxime groups is 1. The zero-order valence-corrected chi connectivity index (χ0v) is 12.0. The van der Waals surface area contributed by atoms with E-state index < -0.39 is 0 Å². The van der Waals surface area contributed by atoms with Crippen LogP contribution in [0.5, 0.6) is 0 Å². The highest BCUT2D eigenvalue weighted by Crippen LogP contribution is 2.31. The van der Waals surface area contributed by atoms with Crippen molar-refractivity contribution in [3.63, 3.8) is 0 Å². The lowest BCUT2D eigenvalue weighted by Crippen LogP contribution is -2.29. The standard InChI is InChI=1S/C13H18BrN3O/c1-17(8-9-3-2-4-9)12-6-5-10(7-11(12)14)13(15)16-18/h5-7,9,18H,2-4,8H2,1H3,(H2,15,16). The van der Waals surface area contributed by atoms with Gasteiger partial charge in [0.2, 0.25) is 0 Å². The quantitative estimate of drug-likeness (QED) is 0.389. The third-order valence-corrected chi connectivity index (χ3v) is 4.15. The summed E-state index contributed by atoms with van der Waals surface area (Å²) in [6, 6.07) is 5.74. The number of hydrogen-bond acceptors (Lipinski definition) is 3. The Labute approximate surface area is 116 Å². The van der Waals surface area contributed by atoms with Crippen LogP contribution in [0.4, 0.5) is 5.69 Å². The number of amidine groups is 1. The van der Waals surface area contributed by atoms with Crippen LogP contribution in [0.2, 0.25) is 0 Å². The Morgan fingerprint density at radius 3 is 2.78 bits per heavy atom. The van der Waals surface area contributed by atoms with Crippen LogP contribution in [0, 0.1) is 5.92 Å². The molecule has 1 aliphatic rings. The second-order valence-corrected chi connectivity index (χ2v) is 5.68. The van der Waals surface area contributed by atoms with Gasteiger partial charge in [0.15, 0.2) is 5.84 Å². The van der Waals surface area contributed by atoms with Gasteiger partial charge >= 0.3 is 0 Å². The van der Waals surface area contributed by atoms with Crippen molar-refractivity contribution in [3.05, 3.63) is 28.2 Å². The summed E-state index contributed by atoms with van der Waals surface area (Å²) >= 11 is 3.54. The monoisotopic (exact) mass is 311 g/mol. The fourth-order valence-corrected chi connectivity index (χ4v) is 2.88. The van der Waals surface area contributed by atoms with Crippen molar-refractivity contribution in [1.82, 2.24) is 0 Å². The van der Waals surface area contributed by atoms with E-state index in [1.54, 1.807) is 0 Å². The van der Waals surface area contributed by atoms with Gasteiger partial charge in [-0.05, 0) is 52.9 Å². The Hall–Kier alpha value is -1.23. The van der Waals surface area contributed by atoms with Gasteiger partial charge in [-0.1, -0.05) is 11.6 Å². The molecule has 98 valence electrons. The summed E-state index contributed by atoms with van der Waals surface area (Å²) in [6.45, 7) is 1.08. The van der Waals surface area contributed by atoms with Crippen molar-refractivity contribution in [3.8, 4) is 0 Å². The van der Waals surface area contributed by atoms with E-state index in [4.69, 9.17) is 10.9 Å². The average molecular weight is 312 g/mol. The lowest BCUT2D eigenvalue weighted by Gasteiger charge is -2.31. The number of nitrogens with zero attached hydrogens (tertiary/aromatic N) is 2. The Morgan fingerprint density at radius 2 is 2.28 bits per heavy atom. The van der Waals surface area contributed by atoms with Crippen molar-refractivity contribution < 1.29 is 5.21 Å². The van der Waals surface area contributed by atoms with E-state index in [1.807, 2.05) is 18.2 Å². The van der Waals surface area contributed by atoms with Crippen molar-refractivity contribution >= 4 is 27.5 Å². The molecular formula is C13H18BrN3O. The number of halogens is 1. The van der Waals surface area contributed by atoms with Crippen LogP contribution < -0.4 is 10.6 Å². The zero-order valence-electron chi connectivity index (χ0n) is 10.4. The summed E-state index contributed by atoms with van der Waals surface area (Å²) in [7, 11) is 2.10. The Balaban J connectivity index is 2.13. The minimum Gasteiger partial charge on any atom is -0.409 e. The fourth-order valence-electron chi connectivity index (χ4n) is 2.19. The molecule has 0 heterocycles. The van der Waals surface area contributed by atoms with Crippen molar-refractivity contribution in [2.75, 3.05) is 18.5 Å². The Morgan fingerprint density at radius 1 is 1.56 bits per heavy atom. The summed E-state index contributed by atoms with van der Waals surface area (Å²) < 4.78 is 0.966. The van der Waals surface area contributed by atoms with E-state index in [0.717, 1.165) is 22.6 Å². The summed E-state index contributed by atoms with van der Waals surface area (Å²) in [5.74, 6) is 0.953. The maximum absolute atomic E-state index is 8.65. The first kappa shape index (κ1) is 13.2. The molecule has 0 radical (unpaired) electrons. The topological polar surface area (TPSA) is 61.8 Å². The second-order valence-electron chi connectivity index (χ2n) is 4.83. The van der Waals surface area contributed by atoms with Crippen LogP contribution in [-0.4, -0.2) is 24.6 Å². The van der Waals surface area contributed by atoms with Gasteiger partial charge in [-0.25, -0.2) is 0 Å². The van der Waals surface area contributed by atoms with Gasteiger partial charge in [-0.15, -0.1) is 0 Å². The average Bonchev–Trinajstić information content (AvgIpc) is 2.32. The number of anilines is 1. The van der Waals surface area contributed by atoms with Gasteiger partial charge in [-0.3, -0.25) is 0 Å². The highest BCUT2D eigenvalue weighted by atomic mass is 79.9. The SMILES string of the molecule is CN(CC1CCC1)c1ccc(/C(N)=N/O)cc1Br. The number of rotatable bonds is 4. The number of hydrogen-bond donors (Lipinski definition) is 2. The number of benzene rings is 1. The van der Waals surface area contributed by atoms with Gasteiger partial charge in [0.05, 0.1) is 5.69 Å². The highest BCUT2D eigenvalue weighted by molar-refractivity contribution is 9.10. The van der Waals surface area contributed by atoms with Crippen LogP contribution >= 0.6 is 15.9 Å². The Kier molecular flexibility index (Phi) is 4.11. The van der Waals surface area contributed by atoms with E-state index in [2.05, 4.69) is 33.0 Å². The second kappa shape index (κ2) is 5.61. The molecule has 1 aromatic rings. The molecule has 1 aliphatic carbocycles. The summed E-state index contributed by atoms with van der Waals surface area (Å²) in [4.78, 5) is 2.25. The molecule has 0 aliphatic heterocycles. The summed E-state index contributed by atoms with van der Waals surface area (Å²) in [5.41, 5.74) is 7.41. The fraction of sp³-hybridized carbons (Fsp3) is 0.462. The van der Waals surface area contributed by atoms with E-state index in [0.29, 0.717) is 5.56 Å². The molecule has 1 aromatic carbocycles. The van der Waals surface area contributed by atoms with Crippen molar-refractivity contribution in [2.45, 2.75) is 19.3 Å². The van der Waals surface area contributed by atoms with E-state index >= 15 is 0 Å². The van der Waals surface area contributed by atoms with Crippen molar-refractivity contribution in [2.24, 2.45) is 16.8 Å². The molecule has 1 saturated carbocycles. The van der Waals surface area contributed by atoms with Crippen LogP contribution in [0.15, 0.2) is 27.8 Å². The molecule has 18 heavy (non-hydrogen) atoms. The largest absolute Gasteiger partial charge is 0.409 e. The third kappa shape index (κ3) is 2.77. The first-order chi connectivity index (χ1) is 8.61. The zero-order chi connectivity index (χ0) is 13.1. The van der Waals surface area contributed by atoms with Gasteiger partial charge in [0.1, 0.15) is 0 Å². The molecule has 1 fully saturated rings. The molecule has 0 spiro atoms. The molecule has 0 unspecified atom stereocenters. The minimum absolute atomic E-state index is 0.129.